The van der Waals surface area contributed by atoms with Crippen LogP contribution in [0, 0.1) is 20.8 Å². The van der Waals surface area contributed by atoms with E-state index in [0.29, 0.717) is 17.1 Å². The van der Waals surface area contributed by atoms with Crippen molar-refractivity contribution in [2.45, 2.75) is 33.6 Å². The number of aromatic amines is 1. The van der Waals surface area contributed by atoms with Crippen LogP contribution in [-0.4, -0.2) is 21.5 Å². The third-order valence-corrected chi connectivity index (χ3v) is 4.50. The lowest BCUT2D eigenvalue weighted by molar-refractivity contribution is -0.112. The summed E-state index contributed by atoms with van der Waals surface area (Å²) in [5.74, 6) is -1.67. The van der Waals surface area contributed by atoms with Crippen LogP contribution in [0.25, 0.3) is 5.70 Å². The fraction of sp³-hybridized carbons (Fsp3) is 0.250. The Morgan fingerprint density at radius 3 is 2.54 bits per heavy atom. The Morgan fingerprint density at radius 1 is 1.12 bits per heavy atom. The number of carbonyl (C=O) groups is 2. The topological polar surface area (TPSA) is 84.0 Å². The van der Waals surface area contributed by atoms with Crippen molar-refractivity contribution in [3.05, 3.63) is 69.2 Å². The summed E-state index contributed by atoms with van der Waals surface area (Å²) in [4.78, 5) is 37.5. The number of hydrogen-bond donors (Lipinski definition) is 2. The number of aromatic nitrogens is 2. The van der Waals surface area contributed by atoms with Crippen molar-refractivity contribution in [2.24, 2.45) is 0 Å². The first kappa shape index (κ1) is 17.7. The van der Waals surface area contributed by atoms with Crippen molar-refractivity contribution in [3.63, 3.8) is 0 Å². The van der Waals surface area contributed by atoms with Gasteiger partial charge in [-0.1, -0.05) is 18.2 Å². The molecule has 0 fully saturated rings. The number of nitrogens with one attached hydrogen (secondary N) is 2. The van der Waals surface area contributed by atoms with Gasteiger partial charge < -0.3 is 5.32 Å². The van der Waals surface area contributed by atoms with Gasteiger partial charge in [-0.3, -0.25) is 19.5 Å². The Morgan fingerprint density at radius 2 is 1.88 bits per heavy atom. The van der Waals surface area contributed by atoms with Crippen LogP contribution in [0.5, 0.6) is 0 Å². The highest BCUT2D eigenvalue weighted by atomic mass is 16.2. The summed E-state index contributed by atoms with van der Waals surface area (Å²) < 4.78 is 1.31. The van der Waals surface area contributed by atoms with Gasteiger partial charge in [-0.15, -0.1) is 0 Å². The van der Waals surface area contributed by atoms with E-state index in [1.807, 2.05) is 38.1 Å². The molecule has 1 aliphatic carbocycles. The van der Waals surface area contributed by atoms with Gasteiger partial charge in [0.1, 0.15) is 5.56 Å². The average Bonchev–Trinajstić information content (AvgIpc) is 2.92. The van der Waals surface area contributed by atoms with E-state index >= 15 is 0 Å². The summed E-state index contributed by atoms with van der Waals surface area (Å²) in [5, 5.41) is 5.46. The number of nitrogens with zero attached hydrogens (tertiary/aromatic N) is 1. The molecule has 1 aliphatic rings. The number of H-pyrrole nitrogens is 1. The van der Waals surface area contributed by atoms with Crippen LogP contribution < -0.4 is 10.9 Å². The first-order chi connectivity index (χ1) is 12.4. The monoisotopic (exact) mass is 351 g/mol. The highest BCUT2D eigenvalue weighted by Gasteiger charge is 2.25. The number of benzene rings is 1. The van der Waals surface area contributed by atoms with Gasteiger partial charge in [0.25, 0.3) is 17.2 Å². The maximum atomic E-state index is 12.6. The predicted molar refractivity (Wildman–Crippen MR) is 101 cm³/mol. The number of allylic oxidation sites excluding steroid dienone is 4. The molecule has 26 heavy (non-hydrogen) atoms. The lowest BCUT2D eigenvalue weighted by Crippen LogP contribution is -2.29. The van der Waals surface area contributed by atoms with E-state index in [1.54, 1.807) is 19.1 Å². The molecule has 0 atom stereocenters. The Kier molecular flexibility index (Phi) is 4.75. The molecule has 0 radical (unpaired) electrons. The van der Waals surface area contributed by atoms with Crippen LogP contribution in [0.1, 0.15) is 40.0 Å². The number of Topliss-reactive ketones (excluding diaryl/α,β-unsaturated/α-hetero) is 1. The van der Waals surface area contributed by atoms with Crippen LogP contribution in [0.4, 0.5) is 5.69 Å². The summed E-state index contributed by atoms with van der Waals surface area (Å²) >= 11 is 0. The highest BCUT2D eigenvalue weighted by molar-refractivity contribution is 6.46. The van der Waals surface area contributed by atoms with Crippen LogP contribution in [0.3, 0.4) is 0 Å². The smallest absolute Gasteiger partial charge is 0.297 e. The third kappa shape index (κ3) is 3.31. The van der Waals surface area contributed by atoms with Crippen molar-refractivity contribution in [3.8, 4) is 0 Å². The molecule has 1 heterocycles. The SMILES string of the molecule is Cc1ccc(NC(=O)C(=O)c2c(C)[nH]n(C3=CCCC=C3)c2=O)cc1C. The minimum atomic E-state index is -0.846. The van der Waals surface area contributed by atoms with E-state index in [-0.39, 0.29) is 5.56 Å². The zero-order valence-electron chi connectivity index (χ0n) is 15.1. The number of anilines is 1. The molecule has 0 bridgehead atoms. The molecule has 0 saturated heterocycles. The molecule has 0 aliphatic heterocycles. The second kappa shape index (κ2) is 7.00. The number of hydrogen-bond acceptors (Lipinski definition) is 3. The Balaban J connectivity index is 1.87. The number of ketones is 1. The fourth-order valence-electron chi connectivity index (χ4n) is 2.88. The number of rotatable bonds is 4. The Hall–Kier alpha value is -3.15. The first-order valence-electron chi connectivity index (χ1n) is 8.50. The third-order valence-electron chi connectivity index (χ3n) is 4.50. The molecule has 2 aromatic rings. The van der Waals surface area contributed by atoms with E-state index < -0.39 is 17.2 Å². The van der Waals surface area contributed by atoms with Gasteiger partial charge in [0.2, 0.25) is 0 Å². The maximum Gasteiger partial charge on any atom is 0.297 e. The summed E-state index contributed by atoms with van der Waals surface area (Å²) in [5.41, 5.74) is 3.02. The van der Waals surface area contributed by atoms with Gasteiger partial charge in [-0.05, 0) is 62.9 Å². The van der Waals surface area contributed by atoms with Gasteiger partial charge in [0.05, 0.1) is 5.70 Å². The molecule has 0 saturated carbocycles. The quantitative estimate of drug-likeness (QED) is 0.656. The number of carbonyl (C=O) groups excluding carboxylic acids is 2. The molecule has 1 amide bonds. The Bertz CT molecular complexity index is 1010. The molecule has 134 valence electrons. The van der Waals surface area contributed by atoms with E-state index in [4.69, 9.17) is 0 Å². The van der Waals surface area contributed by atoms with E-state index in [2.05, 4.69) is 10.4 Å². The maximum absolute atomic E-state index is 12.6. The zero-order chi connectivity index (χ0) is 18.8. The number of aryl methyl sites for hydroxylation is 3. The van der Waals surface area contributed by atoms with Crippen molar-refractivity contribution in [2.75, 3.05) is 5.32 Å². The van der Waals surface area contributed by atoms with Crippen molar-refractivity contribution in [1.29, 1.82) is 0 Å². The molecule has 0 unspecified atom stereocenters. The van der Waals surface area contributed by atoms with Crippen LogP contribution in [-0.2, 0) is 4.79 Å². The van der Waals surface area contributed by atoms with Gasteiger partial charge in [-0.2, -0.15) is 0 Å². The second-order valence-electron chi connectivity index (χ2n) is 6.44. The lowest BCUT2D eigenvalue weighted by Gasteiger charge is -2.07. The predicted octanol–water partition coefficient (Wildman–Crippen LogP) is 3.11. The normalized spacial score (nSPS) is 13.4. The molecular formula is C20H21N3O3. The molecule has 3 rings (SSSR count). The molecule has 2 N–H and O–H groups in total. The molecule has 1 aromatic heterocycles. The Labute approximate surface area is 151 Å². The molecule has 6 nitrogen and oxygen atoms in total. The highest BCUT2D eigenvalue weighted by Crippen LogP contribution is 2.16. The van der Waals surface area contributed by atoms with Gasteiger partial charge >= 0.3 is 0 Å². The van der Waals surface area contributed by atoms with E-state index in [0.717, 1.165) is 24.0 Å². The molecular weight excluding hydrogens is 330 g/mol. The lowest BCUT2D eigenvalue weighted by atomic mass is 10.1. The fourth-order valence-corrected chi connectivity index (χ4v) is 2.88. The van der Waals surface area contributed by atoms with Crippen molar-refractivity contribution >= 4 is 23.1 Å². The second-order valence-corrected chi connectivity index (χ2v) is 6.44. The summed E-state index contributed by atoms with van der Waals surface area (Å²) in [6.07, 6.45) is 7.45. The standard InChI is InChI=1S/C20H21N3O3/c1-12-9-10-15(11-13(12)2)21-19(25)18(24)17-14(3)22-23(20(17)26)16-7-5-4-6-8-16/h5,7-11,22H,4,6H2,1-3H3,(H,21,25). The average molecular weight is 351 g/mol. The van der Waals surface area contributed by atoms with Crippen molar-refractivity contribution < 1.29 is 9.59 Å². The van der Waals surface area contributed by atoms with Crippen LogP contribution in [0.2, 0.25) is 0 Å². The van der Waals surface area contributed by atoms with Gasteiger partial charge in [0.15, 0.2) is 0 Å². The van der Waals surface area contributed by atoms with Gasteiger partial charge in [0, 0.05) is 11.4 Å². The van der Waals surface area contributed by atoms with E-state index in [1.165, 1.54) is 4.68 Å². The van der Waals surface area contributed by atoms with Crippen LogP contribution in [0.15, 0.2) is 41.2 Å². The summed E-state index contributed by atoms with van der Waals surface area (Å²) in [6, 6.07) is 5.39. The van der Waals surface area contributed by atoms with Gasteiger partial charge in [-0.25, -0.2) is 4.68 Å². The summed E-state index contributed by atoms with van der Waals surface area (Å²) in [7, 11) is 0. The molecule has 0 spiro atoms. The first-order valence-corrected chi connectivity index (χ1v) is 8.50. The van der Waals surface area contributed by atoms with Crippen LogP contribution >= 0.6 is 0 Å². The molecule has 1 aromatic carbocycles. The minimum absolute atomic E-state index is 0.133. The molecule has 6 heteroatoms. The van der Waals surface area contributed by atoms with Crippen molar-refractivity contribution in [1.82, 2.24) is 9.78 Å². The largest absolute Gasteiger partial charge is 0.319 e. The zero-order valence-corrected chi connectivity index (χ0v) is 15.1. The minimum Gasteiger partial charge on any atom is -0.319 e. The number of amides is 1. The summed E-state index contributed by atoms with van der Waals surface area (Å²) in [6.45, 7) is 5.50. The van der Waals surface area contributed by atoms with E-state index in [9.17, 15) is 14.4 Å².